The van der Waals surface area contributed by atoms with E-state index in [4.69, 9.17) is 9.47 Å². The molecule has 0 aromatic heterocycles. The molecule has 0 N–H and O–H groups in total. The van der Waals surface area contributed by atoms with Crippen LogP contribution in [-0.2, 0) is 16.0 Å². The standard InChI is InChI=1S/C16H22O4/c1-5-13(16(18)20-6-2)9-12-7-8-15(19-4)14(10-12)11(3)17/h7-8,10,13H,5-6,9H2,1-4H3/t13-/m1/s1. The van der Waals surface area contributed by atoms with E-state index in [1.807, 2.05) is 13.0 Å². The average molecular weight is 278 g/mol. The first-order valence-electron chi connectivity index (χ1n) is 6.87. The molecule has 1 rings (SSSR count). The molecule has 0 aliphatic carbocycles. The number of Topliss-reactive ketones (excluding diaryl/α,β-unsaturated/α-hetero) is 1. The van der Waals surface area contributed by atoms with Gasteiger partial charge in [0.15, 0.2) is 5.78 Å². The van der Waals surface area contributed by atoms with E-state index >= 15 is 0 Å². The molecule has 0 heterocycles. The molecule has 1 aromatic carbocycles. The number of ether oxygens (including phenoxy) is 2. The first-order valence-corrected chi connectivity index (χ1v) is 6.87. The van der Waals surface area contributed by atoms with E-state index in [1.165, 1.54) is 14.0 Å². The van der Waals surface area contributed by atoms with Crippen LogP contribution in [0.2, 0.25) is 0 Å². The van der Waals surface area contributed by atoms with Crippen molar-refractivity contribution in [3.63, 3.8) is 0 Å². The maximum atomic E-state index is 11.8. The van der Waals surface area contributed by atoms with Crippen molar-refractivity contribution in [2.24, 2.45) is 5.92 Å². The Morgan fingerprint density at radius 1 is 1.25 bits per heavy atom. The molecule has 1 aromatic rings. The Labute approximate surface area is 120 Å². The van der Waals surface area contributed by atoms with Crippen molar-refractivity contribution >= 4 is 11.8 Å². The van der Waals surface area contributed by atoms with Gasteiger partial charge in [0.25, 0.3) is 0 Å². The van der Waals surface area contributed by atoms with Crippen molar-refractivity contribution in [1.29, 1.82) is 0 Å². The number of carbonyl (C=O) groups excluding carboxylic acids is 2. The Morgan fingerprint density at radius 2 is 1.95 bits per heavy atom. The highest BCUT2D eigenvalue weighted by Gasteiger charge is 2.19. The first-order chi connectivity index (χ1) is 9.53. The molecule has 0 bridgehead atoms. The largest absolute Gasteiger partial charge is 0.496 e. The second-order valence-corrected chi connectivity index (χ2v) is 4.65. The summed E-state index contributed by atoms with van der Waals surface area (Å²) in [6.45, 7) is 5.64. The summed E-state index contributed by atoms with van der Waals surface area (Å²) < 4.78 is 10.2. The fourth-order valence-electron chi connectivity index (χ4n) is 2.10. The molecule has 20 heavy (non-hydrogen) atoms. The number of carbonyl (C=O) groups is 2. The molecular formula is C16H22O4. The average Bonchev–Trinajstić information content (AvgIpc) is 2.44. The molecule has 0 saturated carbocycles. The van der Waals surface area contributed by atoms with Crippen LogP contribution in [0.1, 0.15) is 43.1 Å². The summed E-state index contributed by atoms with van der Waals surface area (Å²) in [5.41, 5.74) is 1.49. The number of esters is 1. The third kappa shape index (κ3) is 4.08. The van der Waals surface area contributed by atoms with Crippen LogP contribution in [0.25, 0.3) is 0 Å². The normalized spacial score (nSPS) is 11.8. The summed E-state index contributed by atoms with van der Waals surface area (Å²) in [4.78, 5) is 23.4. The summed E-state index contributed by atoms with van der Waals surface area (Å²) in [5, 5.41) is 0. The predicted molar refractivity (Wildman–Crippen MR) is 77.1 cm³/mol. The van der Waals surface area contributed by atoms with Gasteiger partial charge in [-0.3, -0.25) is 9.59 Å². The van der Waals surface area contributed by atoms with Gasteiger partial charge in [-0.25, -0.2) is 0 Å². The third-order valence-corrected chi connectivity index (χ3v) is 3.24. The fraction of sp³-hybridized carbons (Fsp3) is 0.500. The maximum absolute atomic E-state index is 11.8. The fourth-order valence-corrected chi connectivity index (χ4v) is 2.10. The number of hydrogen-bond donors (Lipinski definition) is 0. The summed E-state index contributed by atoms with van der Waals surface area (Å²) in [6.07, 6.45) is 1.28. The first kappa shape index (κ1) is 16.2. The van der Waals surface area contributed by atoms with Crippen molar-refractivity contribution in [1.82, 2.24) is 0 Å². The van der Waals surface area contributed by atoms with Crippen molar-refractivity contribution in [2.45, 2.75) is 33.6 Å². The maximum Gasteiger partial charge on any atom is 0.309 e. The molecule has 0 aliphatic heterocycles. The van der Waals surface area contributed by atoms with Gasteiger partial charge in [0.05, 0.1) is 25.2 Å². The predicted octanol–water partition coefficient (Wildman–Crippen LogP) is 3.03. The lowest BCUT2D eigenvalue weighted by molar-refractivity contribution is -0.148. The van der Waals surface area contributed by atoms with Crippen molar-refractivity contribution in [2.75, 3.05) is 13.7 Å². The van der Waals surface area contributed by atoms with Gasteiger partial charge in [0.1, 0.15) is 5.75 Å². The second kappa shape index (κ2) is 7.68. The number of methoxy groups -OCH3 is 1. The molecule has 0 amide bonds. The van der Waals surface area contributed by atoms with Gasteiger partial charge in [-0.1, -0.05) is 13.0 Å². The minimum Gasteiger partial charge on any atom is -0.496 e. The SMILES string of the molecule is CCOC(=O)[C@H](CC)Cc1ccc(OC)c(C(C)=O)c1. The van der Waals surface area contributed by atoms with Crippen molar-refractivity contribution in [3.05, 3.63) is 29.3 Å². The zero-order chi connectivity index (χ0) is 15.1. The molecule has 110 valence electrons. The van der Waals surface area contributed by atoms with E-state index in [-0.39, 0.29) is 17.7 Å². The van der Waals surface area contributed by atoms with Gasteiger partial charge in [-0.05, 0) is 44.4 Å². The van der Waals surface area contributed by atoms with E-state index < -0.39 is 0 Å². The zero-order valence-corrected chi connectivity index (χ0v) is 12.6. The number of hydrogen-bond acceptors (Lipinski definition) is 4. The molecule has 1 atom stereocenters. The molecule has 4 heteroatoms. The monoisotopic (exact) mass is 278 g/mol. The van der Waals surface area contributed by atoms with Crippen LogP contribution in [0.3, 0.4) is 0 Å². The summed E-state index contributed by atoms with van der Waals surface area (Å²) in [6, 6.07) is 5.44. The zero-order valence-electron chi connectivity index (χ0n) is 12.6. The molecular weight excluding hydrogens is 256 g/mol. The highest BCUT2D eigenvalue weighted by Crippen LogP contribution is 2.23. The lowest BCUT2D eigenvalue weighted by Gasteiger charge is -2.15. The lowest BCUT2D eigenvalue weighted by atomic mass is 9.95. The van der Waals surface area contributed by atoms with Crippen LogP contribution >= 0.6 is 0 Å². The third-order valence-electron chi connectivity index (χ3n) is 3.24. The van der Waals surface area contributed by atoms with E-state index in [1.54, 1.807) is 19.1 Å². The van der Waals surface area contributed by atoms with Gasteiger partial charge in [-0.2, -0.15) is 0 Å². The minimum atomic E-state index is -0.185. The van der Waals surface area contributed by atoms with Gasteiger partial charge < -0.3 is 9.47 Å². The van der Waals surface area contributed by atoms with Crippen LogP contribution in [0.15, 0.2) is 18.2 Å². The quantitative estimate of drug-likeness (QED) is 0.568. The summed E-state index contributed by atoms with van der Waals surface area (Å²) in [7, 11) is 1.54. The molecule has 0 saturated heterocycles. The molecule has 0 aliphatic rings. The summed E-state index contributed by atoms with van der Waals surface area (Å²) in [5.74, 6) is 0.150. The Bertz CT molecular complexity index is 479. The highest BCUT2D eigenvalue weighted by atomic mass is 16.5. The Balaban J connectivity index is 2.94. The van der Waals surface area contributed by atoms with Crippen molar-refractivity contribution in [3.8, 4) is 5.75 Å². The molecule has 4 nitrogen and oxygen atoms in total. The molecule has 0 spiro atoms. The van der Waals surface area contributed by atoms with Crippen LogP contribution in [0, 0.1) is 5.92 Å². The second-order valence-electron chi connectivity index (χ2n) is 4.65. The molecule has 0 fully saturated rings. The van der Waals surface area contributed by atoms with Gasteiger partial charge in [0, 0.05) is 0 Å². The molecule has 0 unspecified atom stereocenters. The number of ketones is 1. The molecule has 0 radical (unpaired) electrons. The van der Waals surface area contributed by atoms with E-state index in [0.717, 1.165) is 5.56 Å². The smallest absolute Gasteiger partial charge is 0.309 e. The van der Waals surface area contributed by atoms with E-state index in [9.17, 15) is 9.59 Å². The van der Waals surface area contributed by atoms with Gasteiger partial charge in [-0.15, -0.1) is 0 Å². The van der Waals surface area contributed by atoms with Gasteiger partial charge in [0.2, 0.25) is 0 Å². The lowest BCUT2D eigenvalue weighted by Crippen LogP contribution is -2.19. The Hall–Kier alpha value is -1.84. The van der Waals surface area contributed by atoms with Crippen LogP contribution < -0.4 is 4.74 Å². The number of benzene rings is 1. The Morgan fingerprint density at radius 3 is 2.45 bits per heavy atom. The van der Waals surface area contributed by atoms with E-state index in [0.29, 0.717) is 30.8 Å². The van der Waals surface area contributed by atoms with Crippen LogP contribution in [-0.4, -0.2) is 25.5 Å². The van der Waals surface area contributed by atoms with Crippen molar-refractivity contribution < 1.29 is 19.1 Å². The minimum absolute atomic E-state index is 0.0483. The van der Waals surface area contributed by atoms with E-state index in [2.05, 4.69) is 0 Å². The Kier molecular flexibility index (Phi) is 6.22. The van der Waals surface area contributed by atoms with Gasteiger partial charge >= 0.3 is 5.97 Å². The van der Waals surface area contributed by atoms with Crippen LogP contribution in [0.5, 0.6) is 5.75 Å². The topological polar surface area (TPSA) is 52.6 Å². The number of rotatable bonds is 7. The van der Waals surface area contributed by atoms with Crippen LogP contribution in [0.4, 0.5) is 0 Å². The highest BCUT2D eigenvalue weighted by molar-refractivity contribution is 5.97. The summed E-state index contributed by atoms with van der Waals surface area (Å²) >= 11 is 0.